The van der Waals surface area contributed by atoms with Gasteiger partial charge in [0.15, 0.2) is 0 Å². The van der Waals surface area contributed by atoms with Gasteiger partial charge in [0, 0.05) is 6.54 Å². The van der Waals surface area contributed by atoms with E-state index in [1.807, 2.05) is 38.1 Å². The second kappa shape index (κ2) is 10.3. The second-order valence-electron chi connectivity index (χ2n) is 7.82. The van der Waals surface area contributed by atoms with Crippen molar-refractivity contribution in [2.45, 2.75) is 45.2 Å². The number of benzene rings is 2. The summed E-state index contributed by atoms with van der Waals surface area (Å²) < 4.78 is 5.93. The fourth-order valence-corrected chi connectivity index (χ4v) is 3.85. The van der Waals surface area contributed by atoms with Crippen molar-refractivity contribution in [2.75, 3.05) is 19.7 Å². The normalized spacial score (nSPS) is 17.9. The second-order valence-corrected chi connectivity index (χ2v) is 7.82. The predicted octanol–water partition coefficient (Wildman–Crippen LogP) is 3.80. The Balaban J connectivity index is 1.56. The molecule has 1 aliphatic rings. The van der Waals surface area contributed by atoms with Gasteiger partial charge in [-0.1, -0.05) is 36.8 Å². The number of rotatable bonds is 8. The third kappa shape index (κ3) is 5.60. The van der Waals surface area contributed by atoms with Gasteiger partial charge in [-0.2, -0.15) is 0 Å². The molecule has 0 saturated carbocycles. The van der Waals surface area contributed by atoms with Crippen LogP contribution in [0, 0.1) is 6.92 Å². The maximum atomic E-state index is 13.0. The molecular weight excluding hydrogens is 380 g/mol. The number of carboxylic acids is 1. The maximum Gasteiger partial charge on any atom is 0.335 e. The van der Waals surface area contributed by atoms with Gasteiger partial charge in [-0.05, 0) is 62.6 Å². The van der Waals surface area contributed by atoms with Gasteiger partial charge in [0.2, 0.25) is 5.91 Å². The van der Waals surface area contributed by atoms with E-state index in [0.717, 1.165) is 42.7 Å². The minimum Gasteiger partial charge on any atom is -0.492 e. The van der Waals surface area contributed by atoms with Crippen LogP contribution in [-0.4, -0.2) is 47.6 Å². The molecule has 160 valence electrons. The predicted molar refractivity (Wildman–Crippen MR) is 116 cm³/mol. The lowest BCUT2D eigenvalue weighted by molar-refractivity contribution is -0.128. The number of ether oxygens (including phenoxy) is 1. The maximum absolute atomic E-state index is 13.0. The summed E-state index contributed by atoms with van der Waals surface area (Å²) in [4.78, 5) is 26.2. The summed E-state index contributed by atoms with van der Waals surface area (Å²) in [6, 6.07) is 14.2. The van der Waals surface area contributed by atoms with Gasteiger partial charge in [0.1, 0.15) is 12.4 Å². The van der Waals surface area contributed by atoms with Crippen molar-refractivity contribution >= 4 is 11.9 Å². The van der Waals surface area contributed by atoms with Gasteiger partial charge in [-0.3, -0.25) is 9.69 Å². The van der Waals surface area contributed by atoms with Crippen molar-refractivity contribution in [3.63, 3.8) is 0 Å². The van der Waals surface area contributed by atoms with Crippen LogP contribution in [0.4, 0.5) is 0 Å². The third-order valence-electron chi connectivity index (χ3n) is 5.66. The van der Waals surface area contributed by atoms with E-state index in [2.05, 4.69) is 10.2 Å². The Morgan fingerprint density at radius 2 is 1.90 bits per heavy atom. The van der Waals surface area contributed by atoms with Crippen LogP contribution in [0.5, 0.6) is 5.75 Å². The highest BCUT2D eigenvalue weighted by Crippen LogP contribution is 2.21. The van der Waals surface area contributed by atoms with E-state index >= 15 is 0 Å². The van der Waals surface area contributed by atoms with E-state index in [4.69, 9.17) is 9.84 Å². The van der Waals surface area contributed by atoms with Crippen LogP contribution >= 0.6 is 0 Å². The van der Waals surface area contributed by atoms with Crippen LogP contribution in [0.15, 0.2) is 48.5 Å². The quantitative estimate of drug-likeness (QED) is 0.692. The monoisotopic (exact) mass is 410 g/mol. The van der Waals surface area contributed by atoms with Gasteiger partial charge >= 0.3 is 5.97 Å². The Bertz CT molecular complexity index is 866. The minimum atomic E-state index is -0.955. The lowest BCUT2D eigenvalue weighted by Gasteiger charge is -2.35. The fourth-order valence-electron chi connectivity index (χ4n) is 3.85. The molecule has 2 aromatic rings. The number of amides is 1. The first kappa shape index (κ1) is 21.8. The SMILES string of the molecule is Cc1ccccc1OCCN1CCCC[C@@H]1C(=O)N[C@@H](C)c1ccc(C(=O)O)cc1. The topological polar surface area (TPSA) is 78.9 Å². The number of nitrogens with one attached hydrogen (secondary N) is 1. The van der Waals surface area contributed by atoms with Crippen LogP contribution in [0.1, 0.15) is 53.7 Å². The molecule has 0 aliphatic carbocycles. The molecule has 6 heteroatoms. The number of carbonyl (C=O) groups excluding carboxylic acids is 1. The smallest absolute Gasteiger partial charge is 0.335 e. The van der Waals surface area contributed by atoms with Crippen molar-refractivity contribution in [1.82, 2.24) is 10.2 Å². The molecule has 30 heavy (non-hydrogen) atoms. The summed E-state index contributed by atoms with van der Waals surface area (Å²) in [5.41, 5.74) is 2.23. The number of piperidine rings is 1. The molecule has 1 heterocycles. The molecule has 0 bridgehead atoms. The molecule has 1 saturated heterocycles. The van der Waals surface area contributed by atoms with Crippen LogP contribution in [0.25, 0.3) is 0 Å². The number of carboxylic acid groups (broad SMARTS) is 1. The number of hydrogen-bond acceptors (Lipinski definition) is 4. The standard InChI is InChI=1S/C24H30N2O4/c1-17-7-3-4-9-22(17)30-16-15-26-14-6-5-8-21(26)23(27)25-18(2)19-10-12-20(13-11-19)24(28)29/h3-4,7,9-13,18,21H,5-6,8,14-16H2,1-2H3,(H,25,27)(H,28,29)/t18-,21+/m0/s1. The largest absolute Gasteiger partial charge is 0.492 e. The molecule has 0 aromatic heterocycles. The van der Waals surface area contributed by atoms with Crippen molar-refractivity contribution in [2.24, 2.45) is 0 Å². The molecule has 2 aromatic carbocycles. The number of carbonyl (C=O) groups is 2. The van der Waals surface area contributed by atoms with Gasteiger partial charge < -0.3 is 15.2 Å². The number of aryl methyl sites for hydroxylation is 1. The van der Waals surface area contributed by atoms with E-state index in [1.165, 1.54) is 0 Å². The minimum absolute atomic E-state index is 0.0143. The zero-order chi connectivity index (χ0) is 21.5. The molecule has 0 unspecified atom stereocenters. The molecule has 2 atom stereocenters. The van der Waals surface area contributed by atoms with Gasteiger partial charge in [-0.25, -0.2) is 4.79 Å². The fraction of sp³-hybridized carbons (Fsp3) is 0.417. The summed E-state index contributed by atoms with van der Waals surface area (Å²) in [6.07, 6.45) is 2.95. The third-order valence-corrected chi connectivity index (χ3v) is 5.66. The van der Waals surface area contributed by atoms with Crippen molar-refractivity contribution in [3.8, 4) is 5.75 Å². The van der Waals surface area contributed by atoms with E-state index < -0.39 is 5.97 Å². The van der Waals surface area contributed by atoms with E-state index in [9.17, 15) is 9.59 Å². The number of likely N-dealkylation sites (tertiary alicyclic amines) is 1. The molecule has 0 spiro atoms. The molecule has 0 radical (unpaired) electrons. The molecule has 1 amide bonds. The highest BCUT2D eigenvalue weighted by Gasteiger charge is 2.29. The highest BCUT2D eigenvalue weighted by atomic mass is 16.5. The van der Waals surface area contributed by atoms with Crippen molar-refractivity contribution in [1.29, 1.82) is 0 Å². The van der Waals surface area contributed by atoms with Gasteiger partial charge in [-0.15, -0.1) is 0 Å². The van der Waals surface area contributed by atoms with Crippen LogP contribution < -0.4 is 10.1 Å². The Kier molecular flexibility index (Phi) is 7.46. The average molecular weight is 411 g/mol. The molecule has 3 rings (SSSR count). The van der Waals surface area contributed by atoms with Crippen LogP contribution in [-0.2, 0) is 4.79 Å². The van der Waals surface area contributed by atoms with Gasteiger partial charge in [0.25, 0.3) is 0 Å². The number of hydrogen-bond donors (Lipinski definition) is 2. The summed E-state index contributed by atoms with van der Waals surface area (Å²) in [6.45, 7) is 6.07. The van der Waals surface area contributed by atoms with Crippen molar-refractivity contribution in [3.05, 3.63) is 65.2 Å². The average Bonchev–Trinajstić information content (AvgIpc) is 2.75. The summed E-state index contributed by atoms with van der Waals surface area (Å²) in [7, 11) is 0. The summed E-state index contributed by atoms with van der Waals surface area (Å²) in [5, 5.41) is 12.1. The van der Waals surface area contributed by atoms with Crippen molar-refractivity contribution < 1.29 is 19.4 Å². The lowest BCUT2D eigenvalue weighted by Crippen LogP contribution is -2.51. The Morgan fingerprint density at radius 1 is 1.17 bits per heavy atom. The highest BCUT2D eigenvalue weighted by molar-refractivity contribution is 5.87. The van der Waals surface area contributed by atoms with E-state index in [-0.39, 0.29) is 23.6 Å². The zero-order valence-corrected chi connectivity index (χ0v) is 17.6. The Hall–Kier alpha value is -2.86. The number of para-hydroxylation sites is 1. The molecule has 1 fully saturated rings. The van der Waals surface area contributed by atoms with E-state index in [0.29, 0.717) is 13.2 Å². The summed E-state index contributed by atoms with van der Waals surface area (Å²) in [5.74, 6) is -0.0571. The zero-order valence-electron chi connectivity index (χ0n) is 17.6. The molecule has 6 nitrogen and oxygen atoms in total. The van der Waals surface area contributed by atoms with Crippen LogP contribution in [0.2, 0.25) is 0 Å². The molecular formula is C24H30N2O4. The number of aromatic carboxylic acids is 1. The first-order valence-corrected chi connectivity index (χ1v) is 10.5. The van der Waals surface area contributed by atoms with Gasteiger partial charge in [0.05, 0.1) is 17.6 Å². The molecule has 2 N–H and O–H groups in total. The van der Waals surface area contributed by atoms with E-state index in [1.54, 1.807) is 24.3 Å². The lowest BCUT2D eigenvalue weighted by atomic mass is 10.00. The summed E-state index contributed by atoms with van der Waals surface area (Å²) >= 11 is 0. The van der Waals surface area contributed by atoms with Crippen LogP contribution in [0.3, 0.4) is 0 Å². The first-order chi connectivity index (χ1) is 14.5. The first-order valence-electron chi connectivity index (χ1n) is 10.5. The molecule has 1 aliphatic heterocycles. The Morgan fingerprint density at radius 3 is 2.60 bits per heavy atom. The number of nitrogens with zero attached hydrogens (tertiary/aromatic N) is 1. The Labute approximate surface area is 177 Å².